The maximum atomic E-state index is 12.7. The van der Waals surface area contributed by atoms with Gasteiger partial charge in [0.1, 0.15) is 22.2 Å². The van der Waals surface area contributed by atoms with Crippen LogP contribution in [0, 0.1) is 5.92 Å². The van der Waals surface area contributed by atoms with E-state index in [0.29, 0.717) is 33.0 Å². The van der Waals surface area contributed by atoms with Crippen molar-refractivity contribution in [1.29, 1.82) is 0 Å². The molecule has 1 aliphatic carbocycles. The van der Waals surface area contributed by atoms with Crippen molar-refractivity contribution in [3.05, 3.63) is 70.6 Å². The lowest BCUT2D eigenvalue weighted by molar-refractivity contribution is 0.0528. The van der Waals surface area contributed by atoms with E-state index in [1.807, 2.05) is 17.5 Å². The van der Waals surface area contributed by atoms with Gasteiger partial charge in [0.2, 0.25) is 0 Å². The van der Waals surface area contributed by atoms with Crippen LogP contribution in [0.2, 0.25) is 0 Å². The molecule has 0 amide bonds. The molecule has 4 rings (SSSR count). The van der Waals surface area contributed by atoms with E-state index in [1.165, 1.54) is 17.6 Å². The van der Waals surface area contributed by atoms with Crippen LogP contribution in [0.5, 0.6) is 5.75 Å². The molecular weight excluding hydrogens is 414 g/mol. The van der Waals surface area contributed by atoms with Crippen molar-refractivity contribution in [2.45, 2.75) is 6.92 Å². The number of benzene rings is 2. The number of carbonyl (C=O) groups is 3. The molecule has 0 saturated carbocycles. The number of thiophene rings is 1. The number of carbonyl (C=O) groups excluding carboxylic acids is 3. The van der Waals surface area contributed by atoms with Gasteiger partial charge in [0.25, 0.3) is 0 Å². The summed E-state index contributed by atoms with van der Waals surface area (Å²) in [6.07, 6.45) is 1.33. The van der Waals surface area contributed by atoms with Gasteiger partial charge in [-0.05, 0) is 24.6 Å². The van der Waals surface area contributed by atoms with Gasteiger partial charge in [-0.2, -0.15) is 0 Å². The molecule has 0 saturated heterocycles. The summed E-state index contributed by atoms with van der Waals surface area (Å²) in [7, 11) is 1.58. The molecule has 7 heteroatoms. The lowest BCUT2D eigenvalue weighted by Gasteiger charge is -2.07. The fraction of sp³-hybridized carbons (Fsp3) is 0.167. The topological polar surface area (TPSA) is 82.0 Å². The second-order valence-electron chi connectivity index (χ2n) is 6.81. The summed E-state index contributed by atoms with van der Waals surface area (Å²) in [6.45, 7) is 1.95. The van der Waals surface area contributed by atoms with Gasteiger partial charge in [-0.25, -0.2) is 9.79 Å². The van der Waals surface area contributed by atoms with E-state index in [9.17, 15) is 14.4 Å². The third-order valence-corrected chi connectivity index (χ3v) is 5.90. The molecule has 156 valence electrons. The molecule has 3 aromatic rings. The summed E-state index contributed by atoms with van der Waals surface area (Å²) < 4.78 is 10.4. The Morgan fingerprint density at radius 1 is 1.03 bits per heavy atom. The number of hydrogen-bond acceptors (Lipinski definition) is 7. The molecule has 1 heterocycles. The van der Waals surface area contributed by atoms with E-state index >= 15 is 0 Å². The van der Waals surface area contributed by atoms with Crippen molar-refractivity contribution in [2.24, 2.45) is 10.9 Å². The summed E-state index contributed by atoms with van der Waals surface area (Å²) in [4.78, 5) is 42.3. The number of methoxy groups -OCH3 is 1. The maximum absolute atomic E-state index is 12.7. The third kappa shape index (κ3) is 3.80. The van der Waals surface area contributed by atoms with Crippen LogP contribution >= 0.6 is 11.3 Å². The van der Waals surface area contributed by atoms with Crippen LogP contribution in [0.4, 0.5) is 5.00 Å². The van der Waals surface area contributed by atoms with Gasteiger partial charge in [0, 0.05) is 28.3 Å². The molecule has 0 fully saturated rings. The highest BCUT2D eigenvalue weighted by atomic mass is 32.1. The zero-order valence-corrected chi connectivity index (χ0v) is 17.8. The predicted octanol–water partition coefficient (Wildman–Crippen LogP) is 5.00. The molecule has 1 aliphatic rings. The first-order chi connectivity index (χ1) is 15.0. The molecule has 0 radical (unpaired) electrons. The van der Waals surface area contributed by atoms with Crippen LogP contribution in [-0.2, 0) is 4.74 Å². The average molecular weight is 433 g/mol. The van der Waals surface area contributed by atoms with Gasteiger partial charge >= 0.3 is 5.97 Å². The van der Waals surface area contributed by atoms with Gasteiger partial charge in [0.05, 0.1) is 13.7 Å². The minimum Gasteiger partial charge on any atom is -0.497 e. The lowest BCUT2D eigenvalue weighted by Crippen LogP contribution is -2.16. The minimum atomic E-state index is -0.987. The van der Waals surface area contributed by atoms with Crippen LogP contribution < -0.4 is 4.74 Å². The normalized spacial score (nSPS) is 13.6. The van der Waals surface area contributed by atoms with E-state index in [0.717, 1.165) is 5.56 Å². The monoisotopic (exact) mass is 433 g/mol. The van der Waals surface area contributed by atoms with Crippen molar-refractivity contribution in [1.82, 2.24) is 0 Å². The van der Waals surface area contributed by atoms with Gasteiger partial charge < -0.3 is 9.47 Å². The zero-order valence-electron chi connectivity index (χ0n) is 17.0. The highest BCUT2D eigenvalue weighted by Crippen LogP contribution is 2.39. The molecule has 2 aromatic carbocycles. The van der Waals surface area contributed by atoms with Crippen LogP contribution in [0.15, 0.2) is 58.9 Å². The van der Waals surface area contributed by atoms with Gasteiger partial charge in [-0.15, -0.1) is 11.3 Å². The van der Waals surface area contributed by atoms with Gasteiger partial charge in [0.15, 0.2) is 11.6 Å². The number of ketones is 2. The first-order valence-electron chi connectivity index (χ1n) is 9.69. The molecule has 0 spiro atoms. The smallest absolute Gasteiger partial charge is 0.341 e. The Labute approximate surface area is 183 Å². The molecule has 0 bridgehead atoms. The van der Waals surface area contributed by atoms with E-state index in [1.54, 1.807) is 50.4 Å². The molecule has 0 atom stereocenters. The van der Waals surface area contributed by atoms with E-state index < -0.39 is 11.9 Å². The summed E-state index contributed by atoms with van der Waals surface area (Å²) >= 11 is 1.25. The fourth-order valence-electron chi connectivity index (χ4n) is 3.47. The zero-order chi connectivity index (χ0) is 22.0. The van der Waals surface area contributed by atoms with E-state index in [-0.39, 0.29) is 18.2 Å². The second kappa shape index (κ2) is 8.65. The summed E-state index contributed by atoms with van der Waals surface area (Å²) in [6, 6.07) is 14.0. The first-order valence-corrected chi connectivity index (χ1v) is 10.6. The minimum absolute atomic E-state index is 0.217. The standard InChI is InChI=1S/C24H19NO5S/c1-3-30-24(28)20-19(14-8-10-15(29-2)11-9-14)13-31-23(20)25-12-18-21(26)16-6-4-5-7-17(16)22(18)27/h4-13,18H,3H2,1-2H3/b25-12+. The first kappa shape index (κ1) is 20.7. The Balaban J connectivity index is 1.70. The molecule has 6 nitrogen and oxygen atoms in total. The molecule has 0 aliphatic heterocycles. The largest absolute Gasteiger partial charge is 0.497 e. The van der Waals surface area contributed by atoms with E-state index in [2.05, 4.69) is 4.99 Å². The summed E-state index contributed by atoms with van der Waals surface area (Å²) in [5.41, 5.74) is 2.59. The van der Waals surface area contributed by atoms with Crippen molar-refractivity contribution < 1.29 is 23.9 Å². The van der Waals surface area contributed by atoms with Crippen LogP contribution in [0.25, 0.3) is 11.1 Å². The molecule has 31 heavy (non-hydrogen) atoms. The fourth-order valence-corrected chi connectivity index (χ4v) is 4.39. The number of nitrogens with zero attached hydrogens (tertiary/aromatic N) is 1. The van der Waals surface area contributed by atoms with Gasteiger partial charge in [-0.3, -0.25) is 9.59 Å². The van der Waals surface area contributed by atoms with Crippen molar-refractivity contribution in [3.63, 3.8) is 0 Å². The molecule has 0 N–H and O–H groups in total. The number of Topliss-reactive ketones (excluding diaryl/α,β-unsaturated/α-hetero) is 2. The quantitative estimate of drug-likeness (QED) is 0.310. The number of ether oxygens (including phenoxy) is 2. The molecular formula is C24H19NO5S. The summed E-state index contributed by atoms with van der Waals surface area (Å²) in [5, 5.41) is 2.20. The Morgan fingerprint density at radius 3 is 2.26 bits per heavy atom. The Hall–Kier alpha value is -3.58. The highest BCUT2D eigenvalue weighted by Gasteiger charge is 2.37. The number of rotatable bonds is 6. The van der Waals surface area contributed by atoms with Crippen LogP contribution in [0.3, 0.4) is 0 Å². The molecule has 0 unspecified atom stereocenters. The average Bonchev–Trinajstić information content (AvgIpc) is 3.32. The van der Waals surface area contributed by atoms with Gasteiger partial charge in [-0.1, -0.05) is 36.4 Å². The van der Waals surface area contributed by atoms with Crippen molar-refractivity contribution in [2.75, 3.05) is 13.7 Å². The van der Waals surface area contributed by atoms with Crippen molar-refractivity contribution in [3.8, 4) is 16.9 Å². The molecule has 1 aromatic heterocycles. The number of esters is 1. The third-order valence-electron chi connectivity index (χ3n) is 5.02. The van der Waals surface area contributed by atoms with Crippen LogP contribution in [0.1, 0.15) is 38.0 Å². The SMILES string of the molecule is CCOC(=O)c1c(-c2ccc(OC)cc2)csc1/N=C/C1C(=O)c2ccccc2C1=O. The number of fused-ring (bicyclic) bond motifs is 1. The highest BCUT2D eigenvalue weighted by molar-refractivity contribution is 7.14. The lowest BCUT2D eigenvalue weighted by atomic mass is 10.0. The Kier molecular flexibility index (Phi) is 5.77. The van der Waals surface area contributed by atoms with Crippen molar-refractivity contribution >= 4 is 40.1 Å². The number of hydrogen-bond donors (Lipinski definition) is 0. The van der Waals surface area contributed by atoms with Crippen LogP contribution in [-0.4, -0.2) is 37.5 Å². The second-order valence-corrected chi connectivity index (χ2v) is 7.67. The Morgan fingerprint density at radius 2 is 1.68 bits per heavy atom. The maximum Gasteiger partial charge on any atom is 0.341 e. The van der Waals surface area contributed by atoms with E-state index in [4.69, 9.17) is 9.47 Å². The summed E-state index contributed by atoms with van der Waals surface area (Å²) in [5.74, 6) is -1.36. The number of aliphatic imine (C=N–C) groups is 1. The predicted molar refractivity (Wildman–Crippen MR) is 119 cm³/mol. The Bertz CT molecular complexity index is 1160.